The van der Waals surface area contributed by atoms with E-state index in [9.17, 15) is 0 Å². The van der Waals surface area contributed by atoms with Crippen LogP contribution in [-0.2, 0) is 0 Å². The van der Waals surface area contributed by atoms with E-state index in [0.29, 0.717) is 13.1 Å². The molecule has 0 atom stereocenters. The molecule has 0 saturated carbocycles. The third-order valence-electron chi connectivity index (χ3n) is 1.87. The van der Waals surface area contributed by atoms with E-state index in [1.54, 1.807) is 0 Å². The number of likely N-dealkylation sites (N-methyl/N-ethyl adjacent to an activating group) is 1. The normalized spacial score (nSPS) is 23.4. The molecule has 3 heteroatoms. The Morgan fingerprint density at radius 2 is 2.75 bits per heavy atom. The van der Waals surface area contributed by atoms with Gasteiger partial charge in [0.25, 0.3) is 0 Å². The van der Waals surface area contributed by atoms with Crippen molar-refractivity contribution in [3.05, 3.63) is 11.6 Å². The second-order valence-corrected chi connectivity index (χ2v) is 3.58. The van der Waals surface area contributed by atoms with Gasteiger partial charge >= 0.3 is 0 Å². The van der Waals surface area contributed by atoms with Crippen LogP contribution >= 0.6 is 12.2 Å². The number of nitrogens with zero attached hydrogens (tertiary/aromatic N) is 1. The maximum atomic E-state index is 7.26. The molecule has 0 bridgehead atoms. The zero-order valence-electron chi connectivity index (χ0n) is 10.3. The monoisotopic (exact) mass is 187 g/mol. The molecule has 0 fully saturated rings. The van der Waals surface area contributed by atoms with Crippen molar-refractivity contribution in [1.29, 1.82) is 0 Å². The minimum absolute atomic E-state index is 0.504. The molecule has 0 aromatic heterocycles. The Balaban J connectivity index is 2.42. The Labute approximate surface area is 83.8 Å². The van der Waals surface area contributed by atoms with E-state index in [4.69, 9.17) is 16.3 Å². The van der Waals surface area contributed by atoms with E-state index in [1.165, 1.54) is 10.5 Å². The summed E-state index contributed by atoms with van der Waals surface area (Å²) in [5.41, 5.74) is 1.24. The quantitative estimate of drug-likeness (QED) is 0.516. The molecular formula is C9H16N2S. The standard InChI is InChI=1S/C9H16N2S/c1-8(12)10-7-9-3-5-11(2)6-4-9/h3H,4-7H2,1-2H3,(H,10,12)/i2D3. The molecule has 0 spiro atoms. The molecule has 1 aliphatic rings. The van der Waals surface area contributed by atoms with E-state index >= 15 is 0 Å². The van der Waals surface area contributed by atoms with Gasteiger partial charge in [0, 0.05) is 23.7 Å². The summed E-state index contributed by atoms with van der Waals surface area (Å²) in [5, 5.41) is 3.07. The van der Waals surface area contributed by atoms with Crippen LogP contribution in [0.15, 0.2) is 11.6 Å². The smallest absolute Gasteiger partial charge is 0.0724 e. The number of hydrogen-bond acceptors (Lipinski definition) is 2. The van der Waals surface area contributed by atoms with E-state index in [1.807, 2.05) is 13.0 Å². The molecular weight excluding hydrogens is 168 g/mol. The molecule has 0 unspecified atom stereocenters. The van der Waals surface area contributed by atoms with Gasteiger partial charge in [-0.1, -0.05) is 23.9 Å². The summed E-state index contributed by atoms with van der Waals surface area (Å²) < 4.78 is 21.8. The number of hydrogen-bond donors (Lipinski definition) is 1. The van der Waals surface area contributed by atoms with Crippen LogP contribution < -0.4 is 5.32 Å². The minimum Gasteiger partial charge on any atom is -0.376 e. The van der Waals surface area contributed by atoms with Crippen molar-refractivity contribution in [1.82, 2.24) is 10.2 Å². The van der Waals surface area contributed by atoms with Crippen molar-refractivity contribution in [3.63, 3.8) is 0 Å². The van der Waals surface area contributed by atoms with Crippen LogP contribution in [0.5, 0.6) is 0 Å². The molecule has 12 heavy (non-hydrogen) atoms. The van der Waals surface area contributed by atoms with Gasteiger partial charge in [-0.3, -0.25) is 0 Å². The van der Waals surface area contributed by atoms with Crippen LogP contribution in [0, 0.1) is 0 Å². The highest BCUT2D eigenvalue weighted by Crippen LogP contribution is 2.07. The van der Waals surface area contributed by atoms with Gasteiger partial charge in [0.2, 0.25) is 0 Å². The first-order chi connectivity index (χ1) is 6.89. The highest BCUT2D eigenvalue weighted by molar-refractivity contribution is 7.80. The third kappa shape index (κ3) is 3.32. The van der Waals surface area contributed by atoms with Crippen LogP contribution in [0.4, 0.5) is 0 Å². The van der Waals surface area contributed by atoms with E-state index in [0.717, 1.165) is 18.0 Å². The Bertz CT molecular complexity index is 273. The first-order valence-electron chi connectivity index (χ1n) is 5.57. The highest BCUT2D eigenvalue weighted by Gasteiger charge is 2.06. The van der Waals surface area contributed by atoms with Crippen LogP contribution in [-0.4, -0.2) is 36.5 Å². The lowest BCUT2D eigenvalue weighted by molar-refractivity contribution is 0.357. The zero-order valence-corrected chi connectivity index (χ0v) is 8.08. The lowest BCUT2D eigenvalue weighted by Gasteiger charge is -2.22. The van der Waals surface area contributed by atoms with Gasteiger partial charge in [-0.2, -0.15) is 0 Å². The van der Waals surface area contributed by atoms with Crippen LogP contribution in [0.1, 0.15) is 17.5 Å². The molecule has 68 valence electrons. The summed E-state index contributed by atoms with van der Waals surface area (Å²) in [4.78, 5) is 2.27. The maximum absolute atomic E-state index is 7.26. The average Bonchev–Trinajstić information content (AvgIpc) is 2.14. The molecule has 1 heterocycles. The average molecular weight is 187 g/mol. The SMILES string of the molecule is [2H]C([2H])([2H])N1CC=C(CNC(C)=S)CC1. The third-order valence-corrected chi connectivity index (χ3v) is 2.01. The van der Waals surface area contributed by atoms with Crippen molar-refractivity contribution < 1.29 is 4.11 Å². The topological polar surface area (TPSA) is 15.3 Å². The van der Waals surface area contributed by atoms with Gasteiger partial charge < -0.3 is 10.2 Å². The first-order valence-corrected chi connectivity index (χ1v) is 4.48. The molecule has 2 nitrogen and oxygen atoms in total. The van der Waals surface area contributed by atoms with Crippen LogP contribution in [0.3, 0.4) is 0 Å². The molecule has 0 saturated heterocycles. The fourth-order valence-corrected chi connectivity index (χ4v) is 1.18. The molecule has 0 aromatic rings. The van der Waals surface area contributed by atoms with Crippen LogP contribution in [0.25, 0.3) is 0 Å². The van der Waals surface area contributed by atoms with Crippen molar-refractivity contribution in [2.24, 2.45) is 0 Å². The van der Waals surface area contributed by atoms with Gasteiger partial charge in [-0.25, -0.2) is 0 Å². The van der Waals surface area contributed by atoms with Crippen molar-refractivity contribution in [2.75, 3.05) is 26.6 Å². The number of rotatable bonds is 2. The number of nitrogens with one attached hydrogen (secondary N) is 1. The van der Waals surface area contributed by atoms with Gasteiger partial charge in [-0.05, 0) is 20.3 Å². The van der Waals surface area contributed by atoms with Crippen molar-refractivity contribution in [2.45, 2.75) is 13.3 Å². The molecule has 0 aliphatic carbocycles. The van der Waals surface area contributed by atoms with Gasteiger partial charge in [0.15, 0.2) is 0 Å². The molecule has 1 N–H and O–H groups in total. The zero-order chi connectivity index (χ0) is 11.5. The van der Waals surface area contributed by atoms with E-state index in [-0.39, 0.29) is 0 Å². The van der Waals surface area contributed by atoms with Crippen molar-refractivity contribution >= 4 is 17.2 Å². The van der Waals surface area contributed by atoms with E-state index < -0.39 is 6.98 Å². The highest BCUT2D eigenvalue weighted by atomic mass is 32.1. The van der Waals surface area contributed by atoms with E-state index in [2.05, 4.69) is 5.32 Å². The summed E-state index contributed by atoms with van der Waals surface area (Å²) in [6.45, 7) is 1.72. The molecule has 0 radical (unpaired) electrons. The van der Waals surface area contributed by atoms with Gasteiger partial charge in [0.1, 0.15) is 0 Å². The Hall–Kier alpha value is -0.410. The molecule has 0 amide bonds. The second-order valence-electron chi connectivity index (χ2n) is 2.97. The predicted molar refractivity (Wildman–Crippen MR) is 56.5 cm³/mol. The predicted octanol–water partition coefficient (Wildman–Crippen LogP) is 1.19. The summed E-state index contributed by atoms with van der Waals surface area (Å²) in [5.74, 6) is 0. The molecule has 0 aromatic carbocycles. The molecule has 1 rings (SSSR count). The first kappa shape index (κ1) is 6.11. The number of thiocarbonyl (C=S) groups is 1. The van der Waals surface area contributed by atoms with Gasteiger partial charge in [-0.15, -0.1) is 0 Å². The largest absolute Gasteiger partial charge is 0.376 e. The van der Waals surface area contributed by atoms with Crippen LogP contribution in [0.2, 0.25) is 0 Å². The molecule has 1 aliphatic heterocycles. The minimum atomic E-state index is -1.96. The maximum Gasteiger partial charge on any atom is 0.0724 e. The Morgan fingerprint density at radius 3 is 3.25 bits per heavy atom. The fraction of sp³-hybridized carbons (Fsp3) is 0.667. The summed E-state index contributed by atoms with van der Waals surface area (Å²) in [6.07, 6.45) is 2.77. The second kappa shape index (κ2) is 4.58. The van der Waals surface area contributed by atoms with Gasteiger partial charge in [0.05, 0.1) is 4.99 Å². The Kier molecular flexibility index (Phi) is 2.33. The fourth-order valence-electron chi connectivity index (χ4n) is 1.11. The summed E-state index contributed by atoms with van der Waals surface area (Å²) in [6, 6.07) is 0. The lowest BCUT2D eigenvalue weighted by atomic mass is 10.1. The summed E-state index contributed by atoms with van der Waals surface area (Å²) >= 11 is 4.91. The summed E-state index contributed by atoms with van der Waals surface area (Å²) in [7, 11) is 0. The Morgan fingerprint density at radius 1 is 1.92 bits per heavy atom. The lowest BCUT2D eigenvalue weighted by Crippen LogP contribution is -2.28. The van der Waals surface area contributed by atoms with Crippen molar-refractivity contribution in [3.8, 4) is 0 Å².